The van der Waals surface area contributed by atoms with Crippen molar-refractivity contribution in [1.29, 1.82) is 5.26 Å². The summed E-state index contributed by atoms with van der Waals surface area (Å²) in [5, 5.41) is 16.9. The highest BCUT2D eigenvalue weighted by molar-refractivity contribution is 6.31. The first-order valence-electron chi connectivity index (χ1n) is 11.3. The van der Waals surface area contributed by atoms with Crippen LogP contribution in [0.1, 0.15) is 43.2 Å². The third-order valence-corrected chi connectivity index (χ3v) is 8.07. The normalized spacial score (nSPS) is 30.1. The maximum Gasteiger partial charge on any atom is 0.224 e. The van der Waals surface area contributed by atoms with Gasteiger partial charge < -0.3 is 21.1 Å². The molecular weight excluding hydrogens is 424 g/mol. The van der Waals surface area contributed by atoms with E-state index in [0.29, 0.717) is 46.8 Å². The van der Waals surface area contributed by atoms with Gasteiger partial charge in [-0.2, -0.15) is 10.2 Å². The molecule has 1 aromatic carbocycles. The Labute approximate surface area is 193 Å². The van der Waals surface area contributed by atoms with E-state index in [9.17, 15) is 5.26 Å². The lowest BCUT2D eigenvalue weighted by Gasteiger charge is -2.59. The molecule has 7 nitrogen and oxygen atoms in total. The minimum absolute atomic E-state index is 0.270. The molecule has 5 atom stereocenters. The second kappa shape index (κ2) is 8.42. The molecule has 1 aromatic heterocycles. The Kier molecular flexibility index (Phi) is 5.60. The summed E-state index contributed by atoms with van der Waals surface area (Å²) in [6.07, 6.45) is 7.77. The predicted octanol–water partition coefficient (Wildman–Crippen LogP) is 4.19. The van der Waals surface area contributed by atoms with Crippen LogP contribution in [0.2, 0.25) is 5.02 Å². The number of hydrogen-bond donors (Lipinski definition) is 3. The summed E-state index contributed by atoms with van der Waals surface area (Å²) in [5.41, 5.74) is 8.11. The van der Waals surface area contributed by atoms with Crippen molar-refractivity contribution in [3.63, 3.8) is 0 Å². The Morgan fingerprint density at radius 2 is 2.03 bits per heavy atom. The number of anilines is 2. The molecule has 0 amide bonds. The monoisotopic (exact) mass is 452 g/mol. The standard InChI is InChI=1S/C24H29ClN6O/c1-32-19-2-3-20(25)17(6-19)11-28-23-29-12-18(10-26)22(31-23)30-13-24-7-14-4-15(8-24)21(27)16(5-14)9-24/h2-3,6,12,14-16,21H,4-5,7-9,11,13,27H2,1H3,(H2,28,29,30,31)/t14?,15-,16+,21-,24-. The summed E-state index contributed by atoms with van der Waals surface area (Å²) < 4.78 is 5.28. The lowest BCUT2D eigenvalue weighted by atomic mass is 9.48. The fraction of sp³-hybridized carbons (Fsp3) is 0.542. The van der Waals surface area contributed by atoms with Crippen molar-refractivity contribution in [2.75, 3.05) is 24.3 Å². The highest BCUT2D eigenvalue weighted by atomic mass is 35.5. The molecule has 32 heavy (non-hydrogen) atoms. The molecule has 4 aliphatic carbocycles. The zero-order valence-electron chi connectivity index (χ0n) is 18.3. The molecule has 0 aliphatic heterocycles. The van der Waals surface area contributed by atoms with Crippen LogP contribution in [-0.2, 0) is 6.54 Å². The first-order chi connectivity index (χ1) is 15.5. The van der Waals surface area contributed by atoms with E-state index in [4.69, 9.17) is 22.1 Å². The van der Waals surface area contributed by atoms with Crippen LogP contribution in [0.5, 0.6) is 5.75 Å². The van der Waals surface area contributed by atoms with Crippen LogP contribution >= 0.6 is 11.6 Å². The van der Waals surface area contributed by atoms with Gasteiger partial charge in [0.05, 0.1) is 13.3 Å². The van der Waals surface area contributed by atoms with E-state index in [1.165, 1.54) is 32.1 Å². The van der Waals surface area contributed by atoms with E-state index in [2.05, 4.69) is 26.7 Å². The van der Waals surface area contributed by atoms with E-state index < -0.39 is 0 Å². The minimum Gasteiger partial charge on any atom is -0.497 e. The van der Waals surface area contributed by atoms with Gasteiger partial charge in [-0.3, -0.25) is 0 Å². The number of halogens is 1. The molecule has 0 radical (unpaired) electrons. The zero-order valence-corrected chi connectivity index (χ0v) is 19.0. The SMILES string of the molecule is COc1ccc(Cl)c(CNc2ncc(C#N)c(NC[C@]34CC5C[C@H](C3)[C@@H](N)[C@@H](C5)C4)n2)c1. The lowest BCUT2D eigenvalue weighted by Crippen LogP contribution is -2.58. The molecular formula is C24H29ClN6O. The van der Waals surface area contributed by atoms with Crippen LogP contribution in [0.4, 0.5) is 11.8 Å². The van der Waals surface area contributed by atoms with Crippen molar-refractivity contribution in [3.8, 4) is 11.8 Å². The van der Waals surface area contributed by atoms with Gasteiger partial charge in [0.25, 0.3) is 0 Å². The number of rotatable bonds is 7. The summed E-state index contributed by atoms with van der Waals surface area (Å²) in [7, 11) is 1.62. The van der Waals surface area contributed by atoms with Crippen LogP contribution in [0.3, 0.4) is 0 Å². The second-order valence-electron chi connectivity index (χ2n) is 9.78. The fourth-order valence-corrected chi connectivity index (χ4v) is 6.58. The van der Waals surface area contributed by atoms with Gasteiger partial charge in [0.2, 0.25) is 5.95 Å². The molecule has 6 rings (SSSR count). The second-order valence-corrected chi connectivity index (χ2v) is 10.2. The molecule has 168 valence electrons. The Balaban J connectivity index is 1.29. The average molecular weight is 453 g/mol. The molecule has 2 aromatic rings. The number of methoxy groups -OCH3 is 1. The Bertz CT molecular complexity index is 1040. The Morgan fingerprint density at radius 1 is 1.25 bits per heavy atom. The van der Waals surface area contributed by atoms with E-state index in [0.717, 1.165) is 23.8 Å². The number of nitrogens with one attached hydrogen (secondary N) is 2. The molecule has 1 heterocycles. The van der Waals surface area contributed by atoms with E-state index in [-0.39, 0.29) is 5.41 Å². The van der Waals surface area contributed by atoms with Gasteiger partial charge in [0, 0.05) is 24.2 Å². The average Bonchev–Trinajstić information content (AvgIpc) is 2.80. The van der Waals surface area contributed by atoms with Gasteiger partial charge in [0.15, 0.2) is 0 Å². The van der Waals surface area contributed by atoms with Crippen molar-refractivity contribution in [3.05, 3.63) is 40.5 Å². The molecule has 4 aliphatic rings. The number of aromatic nitrogens is 2. The third kappa shape index (κ3) is 3.98. The van der Waals surface area contributed by atoms with Gasteiger partial charge in [-0.15, -0.1) is 0 Å². The first-order valence-corrected chi connectivity index (χ1v) is 11.7. The molecule has 1 unspecified atom stereocenters. The lowest BCUT2D eigenvalue weighted by molar-refractivity contribution is -0.0591. The quantitative estimate of drug-likeness (QED) is 0.577. The van der Waals surface area contributed by atoms with E-state index in [1.807, 2.05) is 12.1 Å². The van der Waals surface area contributed by atoms with Crippen LogP contribution in [0.15, 0.2) is 24.4 Å². The predicted molar refractivity (Wildman–Crippen MR) is 125 cm³/mol. The number of nitriles is 1. The van der Waals surface area contributed by atoms with E-state index in [1.54, 1.807) is 19.4 Å². The van der Waals surface area contributed by atoms with Crippen molar-refractivity contribution in [2.24, 2.45) is 28.9 Å². The third-order valence-electron chi connectivity index (χ3n) is 7.70. The fourth-order valence-electron chi connectivity index (χ4n) is 6.39. The molecule has 8 heteroatoms. The van der Waals surface area contributed by atoms with Crippen LogP contribution < -0.4 is 21.1 Å². The van der Waals surface area contributed by atoms with Crippen LogP contribution in [0.25, 0.3) is 0 Å². The number of nitrogens with two attached hydrogens (primary N) is 1. The maximum absolute atomic E-state index is 9.57. The Morgan fingerprint density at radius 3 is 2.75 bits per heavy atom. The summed E-state index contributed by atoms with van der Waals surface area (Å²) in [4.78, 5) is 8.91. The van der Waals surface area contributed by atoms with Crippen molar-refractivity contribution < 1.29 is 4.74 Å². The van der Waals surface area contributed by atoms with Crippen molar-refractivity contribution in [2.45, 2.75) is 44.7 Å². The molecule has 0 spiro atoms. The number of benzene rings is 1. The summed E-state index contributed by atoms with van der Waals surface area (Å²) in [6.45, 7) is 1.28. The molecule has 4 bridgehead atoms. The molecule has 4 fully saturated rings. The molecule has 4 N–H and O–H groups in total. The van der Waals surface area contributed by atoms with Crippen molar-refractivity contribution in [1.82, 2.24) is 9.97 Å². The maximum atomic E-state index is 9.57. The molecule has 0 saturated heterocycles. The summed E-state index contributed by atoms with van der Waals surface area (Å²) in [6, 6.07) is 8.10. The first kappa shape index (κ1) is 21.3. The highest BCUT2D eigenvalue weighted by Gasteiger charge is 2.54. The number of hydrogen-bond acceptors (Lipinski definition) is 7. The van der Waals surface area contributed by atoms with Gasteiger partial charge >= 0.3 is 0 Å². The van der Waals surface area contributed by atoms with Gasteiger partial charge in [0.1, 0.15) is 23.2 Å². The van der Waals surface area contributed by atoms with Gasteiger partial charge in [-0.1, -0.05) is 11.6 Å². The summed E-state index contributed by atoms with van der Waals surface area (Å²) in [5.74, 6) is 3.88. The number of nitrogens with zero attached hydrogens (tertiary/aromatic N) is 3. The van der Waals surface area contributed by atoms with Gasteiger partial charge in [-0.05, 0) is 79.0 Å². The largest absolute Gasteiger partial charge is 0.497 e. The summed E-state index contributed by atoms with van der Waals surface area (Å²) >= 11 is 6.31. The highest BCUT2D eigenvalue weighted by Crippen LogP contribution is 2.59. The van der Waals surface area contributed by atoms with Crippen molar-refractivity contribution >= 4 is 23.4 Å². The van der Waals surface area contributed by atoms with Crippen LogP contribution in [-0.4, -0.2) is 29.7 Å². The van der Waals surface area contributed by atoms with Gasteiger partial charge in [-0.25, -0.2) is 4.98 Å². The zero-order chi connectivity index (χ0) is 22.3. The van der Waals surface area contributed by atoms with E-state index >= 15 is 0 Å². The smallest absolute Gasteiger partial charge is 0.224 e. The number of ether oxygens (including phenoxy) is 1. The molecule has 4 saturated carbocycles. The minimum atomic E-state index is 0.270. The topological polar surface area (TPSA) is 109 Å². The Hall–Kier alpha value is -2.56. The van der Waals surface area contributed by atoms with Crippen LogP contribution in [0, 0.1) is 34.5 Å².